The van der Waals surface area contributed by atoms with Gasteiger partial charge in [-0.05, 0) is 55.8 Å². The van der Waals surface area contributed by atoms with Gasteiger partial charge in [-0.25, -0.2) is 8.42 Å². The molecule has 2 aromatic carbocycles. The molecule has 11 heteroatoms. The fourth-order valence-electron chi connectivity index (χ4n) is 2.62. The molecular weight excluding hydrogens is 444 g/mol. The van der Waals surface area contributed by atoms with Gasteiger partial charge in [-0.2, -0.15) is 5.26 Å². The molecule has 2 amide bonds. The van der Waals surface area contributed by atoms with Gasteiger partial charge < -0.3 is 10.4 Å². The number of anilines is 1. The first-order valence-corrected chi connectivity index (χ1v) is 11.3. The lowest BCUT2D eigenvalue weighted by atomic mass is 10.1. The number of hydrazine groups is 1. The first kappa shape index (κ1) is 24.1. The smallest absolute Gasteiger partial charge is 0.269 e. The minimum Gasteiger partial charge on any atom is -0.391 e. The zero-order valence-corrected chi connectivity index (χ0v) is 18.5. The maximum Gasteiger partial charge on any atom is 0.269 e. The number of amides is 2. The van der Waals surface area contributed by atoms with Crippen molar-refractivity contribution >= 4 is 38.9 Å². The van der Waals surface area contributed by atoms with Crippen molar-refractivity contribution in [2.75, 3.05) is 11.6 Å². The number of aliphatic hydroxyl groups is 1. The third kappa shape index (κ3) is 5.95. The highest BCUT2D eigenvalue weighted by molar-refractivity contribution is 7.90. The van der Waals surface area contributed by atoms with Crippen LogP contribution in [0.5, 0.6) is 0 Å². The van der Waals surface area contributed by atoms with Crippen LogP contribution in [0.1, 0.15) is 28.4 Å². The van der Waals surface area contributed by atoms with E-state index in [9.17, 15) is 23.1 Å². The standard InChI is InChI=1S/C20H21ClN4O5S/c1-11-16(9-6-14(10-22)17(11)21)23-18(12(2)26)20(28)25-24-19(27)13-4-7-15(8-5-13)31(3,29)30/h4-9,12,18,23,26H,1-3H3,(H,24,27)(H,25,28)/t12-,18-/m1/s1. The van der Waals surface area contributed by atoms with Crippen LogP contribution >= 0.6 is 11.6 Å². The molecule has 31 heavy (non-hydrogen) atoms. The monoisotopic (exact) mass is 464 g/mol. The zero-order valence-electron chi connectivity index (χ0n) is 16.9. The number of rotatable bonds is 6. The molecule has 0 saturated carbocycles. The van der Waals surface area contributed by atoms with E-state index in [0.29, 0.717) is 11.3 Å². The second-order valence-corrected chi connectivity index (χ2v) is 9.21. The predicted molar refractivity (Wildman–Crippen MR) is 115 cm³/mol. The second-order valence-electron chi connectivity index (χ2n) is 6.81. The molecule has 0 radical (unpaired) electrons. The van der Waals surface area contributed by atoms with Crippen LogP contribution in [0.15, 0.2) is 41.3 Å². The summed E-state index contributed by atoms with van der Waals surface area (Å²) >= 11 is 6.13. The van der Waals surface area contributed by atoms with Crippen molar-refractivity contribution in [3.63, 3.8) is 0 Å². The molecule has 2 atom stereocenters. The molecule has 0 aliphatic carbocycles. The lowest BCUT2D eigenvalue weighted by molar-refractivity contribution is -0.124. The summed E-state index contributed by atoms with van der Waals surface area (Å²) in [5.74, 6) is -1.40. The fraction of sp³-hybridized carbons (Fsp3) is 0.250. The Kier molecular flexibility index (Phi) is 7.62. The third-order valence-electron chi connectivity index (χ3n) is 4.43. The molecule has 0 spiro atoms. The minimum atomic E-state index is -3.40. The summed E-state index contributed by atoms with van der Waals surface area (Å²) in [6.45, 7) is 3.05. The second kappa shape index (κ2) is 9.78. The molecule has 2 rings (SSSR count). The molecule has 0 fully saturated rings. The van der Waals surface area contributed by atoms with Gasteiger partial charge in [0.25, 0.3) is 11.8 Å². The molecule has 4 N–H and O–H groups in total. The van der Waals surface area contributed by atoms with Gasteiger partial charge in [0, 0.05) is 17.5 Å². The van der Waals surface area contributed by atoms with Gasteiger partial charge in [-0.1, -0.05) is 11.6 Å². The van der Waals surface area contributed by atoms with Crippen molar-refractivity contribution < 1.29 is 23.1 Å². The van der Waals surface area contributed by atoms with Gasteiger partial charge in [-0.15, -0.1) is 0 Å². The van der Waals surface area contributed by atoms with E-state index in [1.807, 2.05) is 6.07 Å². The first-order valence-electron chi connectivity index (χ1n) is 8.99. The molecule has 164 valence electrons. The summed E-state index contributed by atoms with van der Waals surface area (Å²) < 4.78 is 23.0. The predicted octanol–water partition coefficient (Wildman–Crippen LogP) is 1.55. The van der Waals surface area contributed by atoms with Crippen molar-refractivity contribution in [3.8, 4) is 6.07 Å². The van der Waals surface area contributed by atoms with E-state index in [1.165, 1.54) is 37.3 Å². The average Bonchev–Trinajstić information content (AvgIpc) is 2.72. The maximum absolute atomic E-state index is 12.5. The Balaban J connectivity index is 2.09. The quantitative estimate of drug-likeness (QED) is 0.474. The summed E-state index contributed by atoms with van der Waals surface area (Å²) in [5, 5.41) is 22.1. The molecule has 0 aliphatic rings. The average molecular weight is 465 g/mol. The number of nitrogens with zero attached hydrogens (tertiary/aromatic N) is 1. The molecule has 0 heterocycles. The van der Waals surface area contributed by atoms with Gasteiger partial charge >= 0.3 is 0 Å². The Morgan fingerprint density at radius 3 is 2.26 bits per heavy atom. The first-order chi connectivity index (χ1) is 14.5. The highest BCUT2D eigenvalue weighted by Gasteiger charge is 2.25. The topological polar surface area (TPSA) is 148 Å². The van der Waals surface area contributed by atoms with Gasteiger partial charge in [0.1, 0.15) is 12.1 Å². The fourth-order valence-corrected chi connectivity index (χ4v) is 3.46. The minimum absolute atomic E-state index is 0.0582. The lowest BCUT2D eigenvalue weighted by Crippen LogP contribution is -2.52. The summed E-state index contributed by atoms with van der Waals surface area (Å²) in [7, 11) is -3.40. The number of nitriles is 1. The Bertz CT molecular complexity index is 1140. The summed E-state index contributed by atoms with van der Waals surface area (Å²) in [5.41, 5.74) is 5.80. The summed E-state index contributed by atoms with van der Waals surface area (Å²) in [6.07, 6.45) is -0.0893. The van der Waals surface area contributed by atoms with Crippen LogP contribution in [0, 0.1) is 18.3 Å². The Hall–Kier alpha value is -3.13. The Morgan fingerprint density at radius 2 is 1.74 bits per heavy atom. The van der Waals surface area contributed by atoms with E-state index < -0.39 is 33.8 Å². The molecule has 0 aliphatic heterocycles. The third-order valence-corrected chi connectivity index (χ3v) is 6.04. The molecule has 2 aromatic rings. The number of sulfone groups is 1. The lowest BCUT2D eigenvalue weighted by Gasteiger charge is -2.23. The SMILES string of the molecule is Cc1c(N[C@@H](C(=O)NNC(=O)c2ccc(S(C)(=O)=O)cc2)[C@@H](C)O)ccc(C#N)c1Cl. The number of carbonyl (C=O) groups is 2. The van der Waals surface area contributed by atoms with Crippen LogP contribution in [0.2, 0.25) is 5.02 Å². The van der Waals surface area contributed by atoms with Crippen molar-refractivity contribution in [1.29, 1.82) is 5.26 Å². The molecular formula is C20H21ClN4O5S. The van der Waals surface area contributed by atoms with Crippen LogP contribution in [0.3, 0.4) is 0 Å². The number of aliphatic hydroxyl groups excluding tert-OH is 1. The number of hydrogen-bond acceptors (Lipinski definition) is 7. The van der Waals surface area contributed by atoms with Gasteiger partial charge in [0.05, 0.1) is 21.6 Å². The van der Waals surface area contributed by atoms with E-state index in [2.05, 4.69) is 16.2 Å². The number of carbonyl (C=O) groups excluding carboxylic acids is 2. The van der Waals surface area contributed by atoms with Crippen LogP contribution in [-0.4, -0.2) is 43.7 Å². The van der Waals surface area contributed by atoms with E-state index in [0.717, 1.165) is 6.26 Å². The summed E-state index contributed by atoms with van der Waals surface area (Å²) in [4.78, 5) is 24.8. The zero-order chi connectivity index (χ0) is 23.3. The van der Waals surface area contributed by atoms with Crippen LogP contribution < -0.4 is 16.2 Å². The highest BCUT2D eigenvalue weighted by Crippen LogP contribution is 2.27. The molecule has 0 aromatic heterocycles. The number of halogens is 1. The van der Waals surface area contributed by atoms with E-state index in [1.54, 1.807) is 13.0 Å². The van der Waals surface area contributed by atoms with Crippen molar-refractivity contribution in [2.45, 2.75) is 30.9 Å². The molecule has 0 bridgehead atoms. The largest absolute Gasteiger partial charge is 0.391 e. The van der Waals surface area contributed by atoms with E-state index >= 15 is 0 Å². The maximum atomic E-state index is 12.5. The Labute approximate surface area is 184 Å². The summed E-state index contributed by atoms with van der Waals surface area (Å²) in [6, 6.07) is 9.04. The van der Waals surface area contributed by atoms with Crippen molar-refractivity contribution in [2.24, 2.45) is 0 Å². The van der Waals surface area contributed by atoms with Gasteiger partial charge in [0.2, 0.25) is 0 Å². The number of nitrogens with one attached hydrogen (secondary N) is 3. The number of hydrogen-bond donors (Lipinski definition) is 4. The molecule has 0 saturated heterocycles. The van der Waals surface area contributed by atoms with Crippen LogP contribution in [-0.2, 0) is 14.6 Å². The molecule has 9 nitrogen and oxygen atoms in total. The van der Waals surface area contributed by atoms with Gasteiger partial charge in [0.15, 0.2) is 9.84 Å². The van der Waals surface area contributed by atoms with Crippen LogP contribution in [0.25, 0.3) is 0 Å². The van der Waals surface area contributed by atoms with Gasteiger partial charge in [-0.3, -0.25) is 20.4 Å². The Morgan fingerprint density at radius 1 is 1.13 bits per heavy atom. The van der Waals surface area contributed by atoms with Crippen molar-refractivity contribution in [1.82, 2.24) is 10.9 Å². The van der Waals surface area contributed by atoms with E-state index in [4.69, 9.17) is 16.9 Å². The van der Waals surface area contributed by atoms with E-state index in [-0.39, 0.29) is 21.0 Å². The highest BCUT2D eigenvalue weighted by atomic mass is 35.5. The van der Waals surface area contributed by atoms with Crippen molar-refractivity contribution in [3.05, 3.63) is 58.1 Å². The molecule has 0 unspecified atom stereocenters. The number of benzene rings is 2. The van der Waals surface area contributed by atoms with Crippen LogP contribution in [0.4, 0.5) is 5.69 Å². The normalized spacial score (nSPS) is 12.9.